The number of unbranched alkanes of at least 4 members (excludes halogenated alkanes) is 1. The summed E-state index contributed by atoms with van der Waals surface area (Å²) in [5.74, 6) is -1.17. The average Bonchev–Trinajstić information content (AvgIpc) is 2.94. The van der Waals surface area contributed by atoms with Gasteiger partial charge in [-0.15, -0.1) is 0 Å². The Bertz CT molecular complexity index is 679. The summed E-state index contributed by atoms with van der Waals surface area (Å²) in [5, 5.41) is 29.1. The number of carboxylic acid groups (broad SMARTS) is 1. The lowest BCUT2D eigenvalue weighted by atomic mass is 9.89. The van der Waals surface area contributed by atoms with Gasteiger partial charge in [0.25, 0.3) is 0 Å². The normalized spacial score (nSPS) is 24.9. The van der Waals surface area contributed by atoms with Crippen LogP contribution in [-0.4, -0.2) is 39.3 Å². The molecular weight excluding hydrogens is 356 g/mol. The van der Waals surface area contributed by atoms with E-state index in [2.05, 4.69) is 0 Å². The van der Waals surface area contributed by atoms with Crippen molar-refractivity contribution in [1.82, 2.24) is 0 Å². The van der Waals surface area contributed by atoms with Crippen molar-refractivity contribution < 1.29 is 24.9 Å². The maximum absolute atomic E-state index is 12.2. The topological polar surface area (TPSA) is 94.8 Å². The quantitative estimate of drug-likeness (QED) is 0.308. The van der Waals surface area contributed by atoms with E-state index in [1.165, 1.54) is 0 Å². The second-order valence-electron chi connectivity index (χ2n) is 7.42. The number of rotatable bonds is 11. The smallest absolute Gasteiger partial charge is 0.303 e. The average molecular weight is 386 g/mol. The number of aliphatic hydroxyl groups is 2. The number of aliphatic carboxylic acids is 1. The third kappa shape index (κ3) is 7.41. The fourth-order valence-corrected chi connectivity index (χ4v) is 3.66. The molecule has 152 valence electrons. The number of allylic oxidation sites excluding steroid dienone is 3. The first-order chi connectivity index (χ1) is 13.5. The Kier molecular flexibility index (Phi) is 9.11. The van der Waals surface area contributed by atoms with Crippen LogP contribution in [0.1, 0.15) is 44.1 Å². The zero-order chi connectivity index (χ0) is 20.4. The van der Waals surface area contributed by atoms with E-state index in [1.807, 2.05) is 42.5 Å². The van der Waals surface area contributed by atoms with Crippen LogP contribution in [0.25, 0.3) is 0 Å². The van der Waals surface area contributed by atoms with Gasteiger partial charge in [0.1, 0.15) is 0 Å². The van der Waals surface area contributed by atoms with Gasteiger partial charge in [-0.25, -0.2) is 0 Å². The molecule has 3 N–H and O–H groups in total. The van der Waals surface area contributed by atoms with Crippen LogP contribution in [-0.2, 0) is 16.0 Å². The molecule has 4 atom stereocenters. The van der Waals surface area contributed by atoms with Gasteiger partial charge in [-0.05, 0) is 43.2 Å². The fourth-order valence-electron chi connectivity index (χ4n) is 3.66. The summed E-state index contributed by atoms with van der Waals surface area (Å²) in [6, 6.07) is 9.83. The Balaban J connectivity index is 1.83. The second kappa shape index (κ2) is 11.6. The fraction of sp³-hybridized carbons (Fsp3) is 0.478. The van der Waals surface area contributed by atoms with Crippen LogP contribution >= 0.6 is 0 Å². The highest BCUT2D eigenvalue weighted by Crippen LogP contribution is 2.36. The number of carboxylic acids is 1. The molecule has 0 unspecified atom stereocenters. The first kappa shape index (κ1) is 22.1. The summed E-state index contributed by atoms with van der Waals surface area (Å²) in [6.45, 7) is 0. The van der Waals surface area contributed by atoms with Gasteiger partial charge in [0.15, 0.2) is 5.78 Å². The number of benzene rings is 1. The van der Waals surface area contributed by atoms with Crippen molar-refractivity contribution in [3.63, 3.8) is 0 Å². The number of aliphatic hydroxyl groups excluding tert-OH is 2. The predicted octanol–water partition coefficient (Wildman–Crippen LogP) is 3.30. The second-order valence-corrected chi connectivity index (χ2v) is 7.42. The minimum Gasteiger partial charge on any atom is -0.481 e. The van der Waals surface area contributed by atoms with E-state index in [0.717, 1.165) is 5.56 Å². The van der Waals surface area contributed by atoms with Crippen molar-refractivity contribution >= 4 is 11.8 Å². The number of hydrogen-bond acceptors (Lipinski definition) is 4. The van der Waals surface area contributed by atoms with Crippen LogP contribution in [0.3, 0.4) is 0 Å². The van der Waals surface area contributed by atoms with Gasteiger partial charge in [-0.3, -0.25) is 9.59 Å². The van der Waals surface area contributed by atoms with Gasteiger partial charge in [0.2, 0.25) is 0 Å². The molecule has 0 aromatic heterocycles. The zero-order valence-electron chi connectivity index (χ0n) is 16.1. The van der Waals surface area contributed by atoms with Crippen molar-refractivity contribution in [3.05, 3.63) is 60.2 Å². The molecule has 0 amide bonds. The van der Waals surface area contributed by atoms with Crippen molar-refractivity contribution in [3.8, 4) is 0 Å². The molecule has 1 aromatic rings. The largest absolute Gasteiger partial charge is 0.481 e. The molecule has 0 heterocycles. The number of hydrogen-bond donors (Lipinski definition) is 3. The maximum atomic E-state index is 12.2. The minimum atomic E-state index is -0.801. The van der Waals surface area contributed by atoms with Crippen molar-refractivity contribution in [2.45, 2.75) is 57.2 Å². The van der Waals surface area contributed by atoms with E-state index in [9.17, 15) is 19.8 Å². The van der Waals surface area contributed by atoms with Crippen molar-refractivity contribution in [1.29, 1.82) is 0 Å². The summed E-state index contributed by atoms with van der Waals surface area (Å²) in [5.41, 5.74) is 1.12. The molecular formula is C23H30O5. The molecule has 0 saturated heterocycles. The van der Waals surface area contributed by atoms with Crippen molar-refractivity contribution in [2.75, 3.05) is 0 Å². The lowest BCUT2D eigenvalue weighted by Crippen LogP contribution is -2.20. The minimum absolute atomic E-state index is 0.0143. The molecule has 5 heteroatoms. The molecule has 1 fully saturated rings. The van der Waals surface area contributed by atoms with E-state index in [0.29, 0.717) is 38.5 Å². The molecule has 2 rings (SSSR count). The molecule has 0 radical (unpaired) electrons. The Hall–Kier alpha value is -2.24. The van der Waals surface area contributed by atoms with Gasteiger partial charge in [-0.2, -0.15) is 0 Å². The van der Waals surface area contributed by atoms with Crippen LogP contribution in [0.5, 0.6) is 0 Å². The number of aryl methyl sites for hydroxylation is 1. The molecule has 0 aliphatic heterocycles. The van der Waals surface area contributed by atoms with Crippen LogP contribution < -0.4 is 0 Å². The molecule has 1 aliphatic carbocycles. The van der Waals surface area contributed by atoms with Gasteiger partial charge in [-0.1, -0.05) is 48.6 Å². The van der Waals surface area contributed by atoms with E-state index >= 15 is 0 Å². The lowest BCUT2D eigenvalue weighted by molar-refractivity contribution is -0.137. The Morgan fingerprint density at radius 1 is 1.04 bits per heavy atom. The summed E-state index contributed by atoms with van der Waals surface area (Å²) in [4.78, 5) is 22.7. The van der Waals surface area contributed by atoms with Crippen LogP contribution in [0.15, 0.2) is 54.6 Å². The zero-order valence-corrected chi connectivity index (χ0v) is 16.1. The lowest BCUT2D eigenvalue weighted by Gasteiger charge is -2.19. The van der Waals surface area contributed by atoms with Gasteiger partial charge in [0, 0.05) is 25.2 Å². The first-order valence-electron chi connectivity index (χ1n) is 9.95. The number of ketones is 1. The van der Waals surface area contributed by atoms with Crippen LogP contribution in [0, 0.1) is 11.8 Å². The molecule has 0 bridgehead atoms. The number of carbonyl (C=O) groups is 2. The molecule has 0 spiro atoms. The SMILES string of the molecule is O=C(O)CCCC=CC[C@@H]1[C@@H](C=CC(=O)CCc2ccccc2)[C@H](O)C[C@@H]1O. The summed E-state index contributed by atoms with van der Waals surface area (Å²) in [6.07, 6.45) is 9.30. The van der Waals surface area contributed by atoms with E-state index in [4.69, 9.17) is 5.11 Å². The summed E-state index contributed by atoms with van der Waals surface area (Å²) >= 11 is 0. The molecule has 28 heavy (non-hydrogen) atoms. The summed E-state index contributed by atoms with van der Waals surface area (Å²) in [7, 11) is 0. The highest BCUT2D eigenvalue weighted by molar-refractivity contribution is 5.89. The van der Waals surface area contributed by atoms with E-state index < -0.39 is 18.2 Å². The van der Waals surface area contributed by atoms with Crippen LogP contribution in [0.2, 0.25) is 0 Å². The molecule has 1 aromatic carbocycles. The highest BCUT2D eigenvalue weighted by atomic mass is 16.4. The maximum Gasteiger partial charge on any atom is 0.303 e. The van der Waals surface area contributed by atoms with E-state index in [-0.39, 0.29) is 24.0 Å². The van der Waals surface area contributed by atoms with Gasteiger partial charge < -0.3 is 15.3 Å². The molecule has 1 saturated carbocycles. The van der Waals surface area contributed by atoms with Crippen molar-refractivity contribution in [2.24, 2.45) is 11.8 Å². The van der Waals surface area contributed by atoms with Gasteiger partial charge in [0.05, 0.1) is 12.2 Å². The monoisotopic (exact) mass is 386 g/mol. The Morgan fingerprint density at radius 2 is 1.79 bits per heavy atom. The van der Waals surface area contributed by atoms with E-state index in [1.54, 1.807) is 12.2 Å². The number of carbonyl (C=O) groups excluding carboxylic acids is 1. The Morgan fingerprint density at radius 3 is 2.50 bits per heavy atom. The predicted molar refractivity (Wildman–Crippen MR) is 108 cm³/mol. The Labute approximate surface area is 166 Å². The first-order valence-corrected chi connectivity index (χ1v) is 9.95. The van der Waals surface area contributed by atoms with Crippen LogP contribution in [0.4, 0.5) is 0 Å². The highest BCUT2D eigenvalue weighted by Gasteiger charge is 2.39. The third-order valence-electron chi connectivity index (χ3n) is 5.26. The molecule has 5 nitrogen and oxygen atoms in total. The third-order valence-corrected chi connectivity index (χ3v) is 5.26. The summed E-state index contributed by atoms with van der Waals surface area (Å²) < 4.78 is 0. The standard InChI is InChI=1S/C23H30O5/c24-18(13-12-17-8-4-3-5-9-17)14-15-20-19(21(25)16-22(20)26)10-6-1-2-7-11-23(27)28/h1,3-6,8-9,14-15,19-22,25-26H,2,7,10-13,16H2,(H,27,28)/t19-,20-,21+,22-/m1/s1. The van der Waals surface area contributed by atoms with Gasteiger partial charge >= 0.3 is 5.97 Å². The molecule has 1 aliphatic rings.